The normalized spacial score (nSPS) is 20.7. The van der Waals surface area contributed by atoms with Crippen LogP contribution < -0.4 is 10.1 Å². The Bertz CT molecular complexity index is 318. The molecule has 88 valence electrons. The highest BCUT2D eigenvalue weighted by molar-refractivity contribution is 5.28. The molecular weight excluding hydrogens is 198 g/mol. The number of nitrogens with one attached hydrogen (secondary N) is 1. The molecule has 0 aromatic heterocycles. The van der Waals surface area contributed by atoms with Crippen LogP contribution in [0.25, 0.3) is 0 Å². The summed E-state index contributed by atoms with van der Waals surface area (Å²) in [5, 5.41) is 3.46. The van der Waals surface area contributed by atoms with Crippen molar-refractivity contribution in [1.29, 1.82) is 0 Å². The van der Waals surface area contributed by atoms with E-state index in [-0.39, 0.29) is 0 Å². The largest absolute Gasteiger partial charge is 0.494 e. The molecule has 2 rings (SSSR count). The average molecular weight is 219 g/mol. The molecule has 1 aromatic carbocycles. The van der Waals surface area contributed by atoms with Crippen molar-refractivity contribution in [1.82, 2.24) is 5.32 Å². The predicted molar refractivity (Wildman–Crippen MR) is 66.9 cm³/mol. The topological polar surface area (TPSA) is 21.3 Å². The number of benzene rings is 1. The number of piperidine rings is 1. The quantitative estimate of drug-likeness (QED) is 0.840. The molecule has 1 aliphatic heterocycles. The molecule has 0 unspecified atom stereocenters. The SMILES string of the molecule is CCOc1cccc(C[C@@H]2CCCNC2)c1. The first-order valence-corrected chi connectivity index (χ1v) is 6.31. The summed E-state index contributed by atoms with van der Waals surface area (Å²) in [5.74, 6) is 1.80. The van der Waals surface area contributed by atoms with Crippen molar-refractivity contribution in [3.8, 4) is 5.75 Å². The fourth-order valence-electron chi connectivity index (χ4n) is 2.36. The van der Waals surface area contributed by atoms with Gasteiger partial charge in [0.25, 0.3) is 0 Å². The van der Waals surface area contributed by atoms with Gasteiger partial charge in [-0.05, 0) is 62.9 Å². The summed E-state index contributed by atoms with van der Waals surface area (Å²) in [6.45, 7) is 5.13. The highest BCUT2D eigenvalue weighted by Gasteiger charge is 2.13. The van der Waals surface area contributed by atoms with Gasteiger partial charge in [-0.2, -0.15) is 0 Å². The zero-order valence-corrected chi connectivity index (χ0v) is 10.0. The standard InChI is InChI=1S/C14H21NO/c1-2-16-14-7-3-5-12(10-14)9-13-6-4-8-15-11-13/h3,5,7,10,13,15H,2,4,6,8-9,11H2,1H3/t13-/m0/s1. The Morgan fingerprint density at radius 3 is 3.12 bits per heavy atom. The smallest absolute Gasteiger partial charge is 0.119 e. The van der Waals surface area contributed by atoms with E-state index < -0.39 is 0 Å². The zero-order chi connectivity index (χ0) is 11.2. The first kappa shape index (κ1) is 11.5. The third-order valence-corrected chi connectivity index (χ3v) is 3.13. The van der Waals surface area contributed by atoms with Crippen LogP contribution in [0.2, 0.25) is 0 Å². The van der Waals surface area contributed by atoms with Gasteiger partial charge in [0.15, 0.2) is 0 Å². The van der Waals surface area contributed by atoms with Crippen LogP contribution in [0.5, 0.6) is 5.75 Å². The molecule has 1 fully saturated rings. The van der Waals surface area contributed by atoms with Crippen LogP contribution >= 0.6 is 0 Å². The third-order valence-electron chi connectivity index (χ3n) is 3.13. The summed E-state index contributed by atoms with van der Waals surface area (Å²) in [5.41, 5.74) is 1.40. The van der Waals surface area contributed by atoms with Gasteiger partial charge in [-0.3, -0.25) is 0 Å². The van der Waals surface area contributed by atoms with Gasteiger partial charge in [0.2, 0.25) is 0 Å². The van der Waals surface area contributed by atoms with E-state index in [1.165, 1.54) is 37.9 Å². The molecule has 1 N–H and O–H groups in total. The van der Waals surface area contributed by atoms with E-state index in [1.807, 2.05) is 13.0 Å². The van der Waals surface area contributed by atoms with Gasteiger partial charge in [0, 0.05) is 0 Å². The monoisotopic (exact) mass is 219 g/mol. The van der Waals surface area contributed by atoms with Gasteiger partial charge in [0.1, 0.15) is 5.75 Å². The van der Waals surface area contributed by atoms with Crippen molar-refractivity contribution in [3.63, 3.8) is 0 Å². The van der Waals surface area contributed by atoms with Crippen LogP contribution in [0.15, 0.2) is 24.3 Å². The maximum atomic E-state index is 5.52. The Labute approximate surface area is 98.0 Å². The molecule has 0 radical (unpaired) electrons. The fraction of sp³-hybridized carbons (Fsp3) is 0.571. The summed E-state index contributed by atoms with van der Waals surface area (Å²) < 4.78 is 5.52. The Balaban J connectivity index is 1.94. The van der Waals surface area contributed by atoms with Crippen molar-refractivity contribution in [3.05, 3.63) is 29.8 Å². The van der Waals surface area contributed by atoms with E-state index >= 15 is 0 Å². The molecule has 0 bridgehead atoms. The second kappa shape index (κ2) is 5.90. The molecule has 1 saturated heterocycles. The molecule has 0 saturated carbocycles. The van der Waals surface area contributed by atoms with E-state index in [9.17, 15) is 0 Å². The lowest BCUT2D eigenvalue weighted by atomic mass is 9.92. The Kier molecular flexibility index (Phi) is 4.23. The molecular formula is C14H21NO. The van der Waals surface area contributed by atoms with Crippen LogP contribution in [0.3, 0.4) is 0 Å². The molecule has 2 heteroatoms. The lowest BCUT2D eigenvalue weighted by molar-refractivity contribution is 0.338. The number of ether oxygens (including phenoxy) is 1. The molecule has 0 amide bonds. The maximum absolute atomic E-state index is 5.52. The van der Waals surface area contributed by atoms with Crippen LogP contribution in [0, 0.1) is 5.92 Å². The average Bonchev–Trinajstić information content (AvgIpc) is 2.31. The van der Waals surface area contributed by atoms with E-state index in [0.29, 0.717) is 0 Å². The summed E-state index contributed by atoms with van der Waals surface area (Å²) in [4.78, 5) is 0. The molecule has 16 heavy (non-hydrogen) atoms. The van der Waals surface area contributed by atoms with Crippen LogP contribution in [0.1, 0.15) is 25.3 Å². The number of hydrogen-bond acceptors (Lipinski definition) is 2. The van der Waals surface area contributed by atoms with E-state index in [4.69, 9.17) is 4.74 Å². The molecule has 0 aliphatic carbocycles. The van der Waals surface area contributed by atoms with Gasteiger partial charge in [0.05, 0.1) is 6.61 Å². The number of rotatable bonds is 4. The Morgan fingerprint density at radius 2 is 2.38 bits per heavy atom. The summed E-state index contributed by atoms with van der Waals surface area (Å²) in [6, 6.07) is 8.51. The molecule has 1 heterocycles. The minimum absolute atomic E-state index is 0.744. The zero-order valence-electron chi connectivity index (χ0n) is 10.0. The van der Waals surface area contributed by atoms with Crippen molar-refractivity contribution in [2.24, 2.45) is 5.92 Å². The lowest BCUT2D eigenvalue weighted by Gasteiger charge is -2.22. The first-order valence-electron chi connectivity index (χ1n) is 6.31. The van der Waals surface area contributed by atoms with Gasteiger partial charge < -0.3 is 10.1 Å². The lowest BCUT2D eigenvalue weighted by Crippen LogP contribution is -2.30. The van der Waals surface area contributed by atoms with Crippen LogP contribution in [-0.2, 0) is 6.42 Å². The van der Waals surface area contributed by atoms with E-state index in [2.05, 4.69) is 23.5 Å². The molecule has 1 aliphatic rings. The molecule has 1 atom stereocenters. The van der Waals surface area contributed by atoms with Crippen LogP contribution in [-0.4, -0.2) is 19.7 Å². The first-order chi connectivity index (χ1) is 7.88. The fourth-order valence-corrected chi connectivity index (χ4v) is 2.36. The minimum Gasteiger partial charge on any atom is -0.494 e. The van der Waals surface area contributed by atoms with Crippen molar-refractivity contribution in [2.75, 3.05) is 19.7 Å². The van der Waals surface area contributed by atoms with Gasteiger partial charge >= 0.3 is 0 Å². The third kappa shape index (κ3) is 3.24. The Morgan fingerprint density at radius 1 is 1.44 bits per heavy atom. The van der Waals surface area contributed by atoms with E-state index in [1.54, 1.807) is 0 Å². The highest BCUT2D eigenvalue weighted by atomic mass is 16.5. The number of hydrogen-bond donors (Lipinski definition) is 1. The summed E-state index contributed by atoms with van der Waals surface area (Å²) in [7, 11) is 0. The highest BCUT2D eigenvalue weighted by Crippen LogP contribution is 2.19. The van der Waals surface area contributed by atoms with E-state index in [0.717, 1.165) is 18.3 Å². The Hall–Kier alpha value is -1.02. The second-order valence-electron chi connectivity index (χ2n) is 4.50. The summed E-state index contributed by atoms with van der Waals surface area (Å²) in [6.07, 6.45) is 3.84. The summed E-state index contributed by atoms with van der Waals surface area (Å²) >= 11 is 0. The molecule has 2 nitrogen and oxygen atoms in total. The minimum atomic E-state index is 0.744. The second-order valence-corrected chi connectivity index (χ2v) is 4.50. The van der Waals surface area contributed by atoms with Gasteiger partial charge in [-0.15, -0.1) is 0 Å². The van der Waals surface area contributed by atoms with Crippen molar-refractivity contribution >= 4 is 0 Å². The van der Waals surface area contributed by atoms with Crippen molar-refractivity contribution < 1.29 is 4.74 Å². The van der Waals surface area contributed by atoms with Crippen LogP contribution in [0.4, 0.5) is 0 Å². The predicted octanol–water partition coefficient (Wildman–Crippen LogP) is 2.63. The van der Waals surface area contributed by atoms with Crippen molar-refractivity contribution in [2.45, 2.75) is 26.2 Å². The van der Waals surface area contributed by atoms with Gasteiger partial charge in [-0.25, -0.2) is 0 Å². The maximum Gasteiger partial charge on any atom is 0.119 e. The molecule has 1 aromatic rings. The molecule has 0 spiro atoms. The van der Waals surface area contributed by atoms with Gasteiger partial charge in [-0.1, -0.05) is 12.1 Å².